The zero-order valence-corrected chi connectivity index (χ0v) is 11.1. The molecule has 0 radical (unpaired) electrons. The minimum absolute atomic E-state index is 0.0568. The van der Waals surface area contributed by atoms with E-state index in [4.69, 9.17) is 10.9 Å². The summed E-state index contributed by atoms with van der Waals surface area (Å²) in [6, 6.07) is 4.39. The van der Waals surface area contributed by atoms with Crippen LogP contribution in [0.5, 0.6) is 0 Å². The Hall–Kier alpha value is -2.11. The fourth-order valence-corrected chi connectivity index (χ4v) is 1.61. The molecule has 0 unspecified atom stereocenters. The number of aryl methyl sites for hydroxylation is 1. The van der Waals surface area contributed by atoms with Crippen LogP contribution in [0.2, 0.25) is 0 Å². The molecule has 0 spiro atoms. The summed E-state index contributed by atoms with van der Waals surface area (Å²) in [7, 11) is 0. The Labute approximate surface area is 111 Å². The predicted molar refractivity (Wildman–Crippen MR) is 70.7 cm³/mol. The van der Waals surface area contributed by atoms with Crippen LogP contribution in [-0.2, 0) is 0 Å². The molecule has 0 bridgehead atoms. The van der Waals surface area contributed by atoms with Gasteiger partial charge in [0, 0.05) is 25.1 Å². The number of halogens is 1. The third-order valence-electron chi connectivity index (χ3n) is 2.85. The lowest BCUT2D eigenvalue weighted by molar-refractivity contribution is 0.0768. The van der Waals surface area contributed by atoms with Gasteiger partial charge in [0.15, 0.2) is 0 Å². The fourth-order valence-electron chi connectivity index (χ4n) is 1.61. The van der Waals surface area contributed by atoms with E-state index < -0.39 is 5.82 Å². The molecule has 1 aromatic carbocycles. The highest BCUT2D eigenvalue weighted by molar-refractivity contribution is 5.94. The summed E-state index contributed by atoms with van der Waals surface area (Å²) in [6.07, 6.45) is 0.268. The van der Waals surface area contributed by atoms with Crippen molar-refractivity contribution in [1.29, 1.82) is 0 Å². The van der Waals surface area contributed by atoms with E-state index in [0.717, 1.165) is 0 Å². The summed E-state index contributed by atoms with van der Waals surface area (Å²) >= 11 is 0. The highest BCUT2D eigenvalue weighted by Crippen LogP contribution is 2.11. The van der Waals surface area contributed by atoms with E-state index >= 15 is 0 Å². The predicted octanol–water partition coefficient (Wildman–Crippen LogP) is 1.73. The molecule has 1 aromatic rings. The molecule has 0 saturated carbocycles. The van der Waals surface area contributed by atoms with Crippen molar-refractivity contribution in [2.75, 3.05) is 13.1 Å². The second-order valence-corrected chi connectivity index (χ2v) is 4.19. The third kappa shape index (κ3) is 3.94. The standard InChI is InChI=1S/C13H18FN3O2/c1-3-17(7-6-12(15)16-19)13(18)10-5-4-9(2)11(14)8-10/h4-5,8,19H,3,6-7H2,1-2H3,(H2,15,16). The van der Waals surface area contributed by atoms with Gasteiger partial charge in [-0.1, -0.05) is 11.2 Å². The van der Waals surface area contributed by atoms with Crippen LogP contribution in [0.25, 0.3) is 0 Å². The number of hydrogen-bond acceptors (Lipinski definition) is 3. The van der Waals surface area contributed by atoms with Crippen LogP contribution in [-0.4, -0.2) is 34.9 Å². The fraction of sp³-hybridized carbons (Fsp3) is 0.385. The van der Waals surface area contributed by atoms with Gasteiger partial charge in [-0.25, -0.2) is 4.39 Å². The van der Waals surface area contributed by atoms with Crippen LogP contribution in [0, 0.1) is 12.7 Å². The van der Waals surface area contributed by atoms with Gasteiger partial charge in [0.1, 0.15) is 11.7 Å². The molecule has 0 fully saturated rings. The van der Waals surface area contributed by atoms with Crippen molar-refractivity contribution in [2.24, 2.45) is 10.9 Å². The van der Waals surface area contributed by atoms with Crippen molar-refractivity contribution in [3.63, 3.8) is 0 Å². The average Bonchev–Trinajstić information content (AvgIpc) is 2.41. The Kier molecular flexibility index (Phi) is 5.29. The summed E-state index contributed by atoms with van der Waals surface area (Å²) in [5.74, 6) is -0.619. The number of benzene rings is 1. The minimum atomic E-state index is -0.404. The SMILES string of the molecule is CCN(CC/C(N)=N/O)C(=O)c1ccc(C)c(F)c1. The lowest BCUT2D eigenvalue weighted by Gasteiger charge is -2.20. The quantitative estimate of drug-likeness (QED) is 0.369. The molecule has 0 aliphatic carbocycles. The van der Waals surface area contributed by atoms with Crippen molar-refractivity contribution in [3.05, 3.63) is 35.1 Å². The maximum Gasteiger partial charge on any atom is 0.253 e. The second-order valence-electron chi connectivity index (χ2n) is 4.19. The Morgan fingerprint density at radius 1 is 1.53 bits per heavy atom. The van der Waals surface area contributed by atoms with Gasteiger partial charge < -0.3 is 15.8 Å². The summed E-state index contributed by atoms with van der Waals surface area (Å²) in [4.78, 5) is 13.7. The number of hydrogen-bond donors (Lipinski definition) is 2. The van der Waals surface area contributed by atoms with Crippen molar-refractivity contribution in [3.8, 4) is 0 Å². The first kappa shape index (κ1) is 14.9. The van der Waals surface area contributed by atoms with Gasteiger partial charge in [0.25, 0.3) is 5.91 Å². The van der Waals surface area contributed by atoms with Gasteiger partial charge in [0.2, 0.25) is 0 Å². The summed E-state index contributed by atoms with van der Waals surface area (Å²) in [6.45, 7) is 4.24. The van der Waals surface area contributed by atoms with Crippen molar-refractivity contribution in [1.82, 2.24) is 4.90 Å². The first-order valence-electron chi connectivity index (χ1n) is 6.01. The molecular weight excluding hydrogens is 249 g/mol. The number of rotatable bonds is 5. The topological polar surface area (TPSA) is 78.9 Å². The monoisotopic (exact) mass is 267 g/mol. The largest absolute Gasteiger partial charge is 0.409 e. The van der Waals surface area contributed by atoms with E-state index in [9.17, 15) is 9.18 Å². The number of nitrogens with zero attached hydrogens (tertiary/aromatic N) is 2. The number of nitrogens with two attached hydrogens (primary N) is 1. The highest BCUT2D eigenvalue weighted by atomic mass is 19.1. The summed E-state index contributed by atoms with van der Waals surface area (Å²) in [5.41, 5.74) is 6.15. The van der Waals surface area contributed by atoms with Crippen LogP contribution >= 0.6 is 0 Å². The van der Waals surface area contributed by atoms with Gasteiger partial charge in [-0.2, -0.15) is 0 Å². The number of amidine groups is 1. The molecule has 104 valence electrons. The van der Waals surface area contributed by atoms with Gasteiger partial charge in [-0.3, -0.25) is 4.79 Å². The molecule has 3 N–H and O–H groups in total. The number of amides is 1. The van der Waals surface area contributed by atoms with Crippen LogP contribution in [0.3, 0.4) is 0 Å². The molecule has 0 aliphatic rings. The normalized spacial score (nSPS) is 11.4. The molecule has 6 heteroatoms. The van der Waals surface area contributed by atoms with Gasteiger partial charge in [-0.15, -0.1) is 0 Å². The van der Waals surface area contributed by atoms with E-state index in [1.54, 1.807) is 19.1 Å². The average molecular weight is 267 g/mol. The third-order valence-corrected chi connectivity index (χ3v) is 2.85. The van der Waals surface area contributed by atoms with E-state index in [1.165, 1.54) is 11.0 Å². The Morgan fingerprint density at radius 2 is 2.21 bits per heavy atom. The molecule has 5 nitrogen and oxygen atoms in total. The van der Waals surface area contributed by atoms with Crippen molar-refractivity contribution < 1.29 is 14.4 Å². The second kappa shape index (κ2) is 6.72. The molecule has 0 aliphatic heterocycles. The van der Waals surface area contributed by atoms with Gasteiger partial charge in [0.05, 0.1) is 0 Å². The van der Waals surface area contributed by atoms with Crippen LogP contribution < -0.4 is 5.73 Å². The Morgan fingerprint density at radius 3 is 2.74 bits per heavy atom. The minimum Gasteiger partial charge on any atom is -0.409 e. The Balaban J connectivity index is 2.80. The first-order chi connectivity index (χ1) is 8.99. The van der Waals surface area contributed by atoms with Crippen molar-refractivity contribution in [2.45, 2.75) is 20.3 Å². The number of carbonyl (C=O) groups excluding carboxylic acids is 1. The smallest absolute Gasteiger partial charge is 0.253 e. The number of carbonyl (C=O) groups is 1. The van der Waals surface area contributed by atoms with Crippen LogP contribution in [0.4, 0.5) is 4.39 Å². The maximum atomic E-state index is 13.4. The van der Waals surface area contributed by atoms with Gasteiger partial charge in [-0.05, 0) is 31.5 Å². The summed E-state index contributed by atoms with van der Waals surface area (Å²) < 4.78 is 13.4. The number of oxime groups is 1. The lowest BCUT2D eigenvalue weighted by atomic mass is 10.1. The lowest BCUT2D eigenvalue weighted by Crippen LogP contribution is -2.34. The van der Waals surface area contributed by atoms with E-state index in [1.807, 2.05) is 6.92 Å². The Bertz CT molecular complexity index is 489. The molecule has 0 atom stereocenters. The van der Waals surface area contributed by atoms with Crippen LogP contribution in [0.1, 0.15) is 29.3 Å². The van der Waals surface area contributed by atoms with Crippen molar-refractivity contribution >= 4 is 11.7 Å². The molecule has 1 rings (SSSR count). The first-order valence-corrected chi connectivity index (χ1v) is 6.01. The molecule has 0 aromatic heterocycles. The molecule has 19 heavy (non-hydrogen) atoms. The van der Waals surface area contributed by atoms with Gasteiger partial charge >= 0.3 is 0 Å². The summed E-state index contributed by atoms with van der Waals surface area (Å²) in [5, 5.41) is 11.3. The molecule has 0 heterocycles. The zero-order valence-electron chi connectivity index (χ0n) is 11.1. The van der Waals surface area contributed by atoms with E-state index in [0.29, 0.717) is 24.2 Å². The van der Waals surface area contributed by atoms with E-state index in [-0.39, 0.29) is 18.2 Å². The highest BCUT2D eigenvalue weighted by Gasteiger charge is 2.15. The molecule has 0 saturated heterocycles. The maximum absolute atomic E-state index is 13.4. The van der Waals surface area contributed by atoms with Crippen LogP contribution in [0.15, 0.2) is 23.4 Å². The molecule has 1 amide bonds. The van der Waals surface area contributed by atoms with E-state index in [2.05, 4.69) is 5.16 Å². The molecular formula is C13H18FN3O2. The zero-order chi connectivity index (χ0) is 14.4.